The van der Waals surface area contributed by atoms with Crippen LogP contribution in [0.3, 0.4) is 0 Å². The fourth-order valence-corrected chi connectivity index (χ4v) is 4.92. The number of nitrogens with one attached hydrogen (secondary N) is 2. The number of anilines is 1. The van der Waals surface area contributed by atoms with E-state index in [4.69, 9.17) is 35.4 Å². The van der Waals surface area contributed by atoms with Crippen LogP contribution < -0.4 is 10.7 Å². The van der Waals surface area contributed by atoms with E-state index < -0.39 is 11.9 Å². The minimum atomic E-state index is -0.631. The largest absolute Gasteiger partial charge is 0.338 e. The summed E-state index contributed by atoms with van der Waals surface area (Å²) in [5.74, 6) is -0.404. The van der Waals surface area contributed by atoms with Crippen LogP contribution in [0.4, 0.5) is 10.5 Å². The molecule has 0 bridgehead atoms. The summed E-state index contributed by atoms with van der Waals surface area (Å²) in [7, 11) is 0. The molecule has 1 fully saturated rings. The summed E-state index contributed by atoms with van der Waals surface area (Å²) in [6.45, 7) is 4.01. The molecule has 10 heteroatoms. The number of thioether (sulfide) groups is 1. The molecule has 0 spiro atoms. The number of carbonyl (C=O) groups is 2. The van der Waals surface area contributed by atoms with E-state index >= 15 is 0 Å². The monoisotopic (exact) mass is 516 g/mol. The average Bonchev–Trinajstić information content (AvgIpc) is 3.20. The number of halogens is 2. The molecule has 1 aromatic heterocycles. The van der Waals surface area contributed by atoms with E-state index in [0.29, 0.717) is 20.6 Å². The Hall–Kier alpha value is -2.78. The number of amides is 3. The highest BCUT2D eigenvalue weighted by molar-refractivity contribution is 8.26. The van der Waals surface area contributed by atoms with Gasteiger partial charge in [0, 0.05) is 22.8 Å². The van der Waals surface area contributed by atoms with Gasteiger partial charge in [-0.1, -0.05) is 53.2 Å². The van der Waals surface area contributed by atoms with Crippen LogP contribution in [0.25, 0.3) is 11.8 Å². The Labute approximate surface area is 210 Å². The zero-order chi connectivity index (χ0) is 23.7. The van der Waals surface area contributed by atoms with Gasteiger partial charge in [-0.2, -0.15) is 5.01 Å². The van der Waals surface area contributed by atoms with Crippen LogP contribution in [-0.2, 0) is 4.79 Å². The number of benzene rings is 2. The van der Waals surface area contributed by atoms with E-state index in [1.807, 2.05) is 50.2 Å². The van der Waals surface area contributed by atoms with E-state index in [0.717, 1.165) is 39.4 Å². The molecule has 33 heavy (non-hydrogen) atoms. The molecule has 6 nitrogen and oxygen atoms in total. The van der Waals surface area contributed by atoms with Crippen LogP contribution in [0.5, 0.6) is 0 Å². The van der Waals surface area contributed by atoms with Gasteiger partial charge in [0.1, 0.15) is 0 Å². The van der Waals surface area contributed by atoms with Gasteiger partial charge in [-0.05, 0) is 74.1 Å². The lowest BCUT2D eigenvalue weighted by Crippen LogP contribution is -2.46. The summed E-state index contributed by atoms with van der Waals surface area (Å²) in [6, 6.07) is 16.0. The third-order valence-electron chi connectivity index (χ3n) is 4.96. The molecular weight excluding hydrogens is 499 g/mol. The van der Waals surface area contributed by atoms with Gasteiger partial charge in [0.05, 0.1) is 15.0 Å². The number of hydrogen-bond donors (Lipinski definition) is 2. The molecule has 0 aliphatic carbocycles. The molecule has 2 aromatic carbocycles. The third kappa shape index (κ3) is 4.94. The highest BCUT2D eigenvalue weighted by atomic mass is 35.5. The number of hydrazine groups is 1. The molecule has 0 unspecified atom stereocenters. The normalized spacial score (nSPS) is 14.8. The summed E-state index contributed by atoms with van der Waals surface area (Å²) in [5, 5.41) is 4.33. The Bertz CT molecular complexity index is 1310. The van der Waals surface area contributed by atoms with E-state index in [1.54, 1.807) is 18.2 Å². The quantitative estimate of drug-likeness (QED) is 0.313. The zero-order valence-corrected chi connectivity index (χ0v) is 20.7. The molecule has 0 radical (unpaired) electrons. The van der Waals surface area contributed by atoms with Gasteiger partial charge in [-0.15, -0.1) is 0 Å². The summed E-state index contributed by atoms with van der Waals surface area (Å²) in [6.07, 6.45) is 1.79. The first-order chi connectivity index (χ1) is 15.7. The van der Waals surface area contributed by atoms with E-state index in [1.165, 1.54) is 6.07 Å². The molecule has 0 saturated carbocycles. The van der Waals surface area contributed by atoms with Crippen molar-refractivity contribution < 1.29 is 9.59 Å². The van der Waals surface area contributed by atoms with Gasteiger partial charge in [-0.3, -0.25) is 4.79 Å². The highest BCUT2D eigenvalue weighted by Gasteiger charge is 2.34. The minimum absolute atomic E-state index is 0.229. The van der Waals surface area contributed by atoms with Crippen molar-refractivity contribution in [2.24, 2.45) is 0 Å². The van der Waals surface area contributed by atoms with Gasteiger partial charge in [0.15, 0.2) is 4.32 Å². The summed E-state index contributed by atoms with van der Waals surface area (Å²) >= 11 is 18.3. The summed E-state index contributed by atoms with van der Waals surface area (Å²) < 4.78 is 2.35. The van der Waals surface area contributed by atoms with E-state index in [-0.39, 0.29) is 4.32 Å². The maximum Gasteiger partial charge on any atom is 0.338 e. The van der Waals surface area contributed by atoms with Crippen LogP contribution in [0.2, 0.25) is 10.0 Å². The average molecular weight is 517 g/mol. The molecule has 1 aliphatic rings. The highest BCUT2D eigenvalue weighted by Crippen LogP contribution is 2.33. The van der Waals surface area contributed by atoms with Crippen molar-refractivity contribution in [1.29, 1.82) is 0 Å². The van der Waals surface area contributed by atoms with Gasteiger partial charge in [0.2, 0.25) is 0 Å². The summed E-state index contributed by atoms with van der Waals surface area (Å²) in [4.78, 5) is 25.8. The number of aryl methyl sites for hydroxylation is 1. The van der Waals surface area contributed by atoms with Gasteiger partial charge < -0.3 is 9.88 Å². The van der Waals surface area contributed by atoms with Crippen molar-refractivity contribution in [3.63, 3.8) is 0 Å². The molecule has 4 rings (SSSR count). The van der Waals surface area contributed by atoms with E-state index in [2.05, 4.69) is 15.3 Å². The number of carbonyl (C=O) groups excluding carboxylic acids is 2. The predicted molar refractivity (Wildman–Crippen MR) is 139 cm³/mol. The first-order valence-corrected chi connectivity index (χ1v) is 11.8. The molecule has 1 saturated heterocycles. The lowest BCUT2D eigenvalue weighted by molar-refractivity contribution is -0.123. The third-order valence-corrected chi connectivity index (χ3v) is 7.00. The van der Waals surface area contributed by atoms with Gasteiger partial charge >= 0.3 is 6.03 Å². The molecular formula is C23H18Cl2N4O2S2. The Balaban J connectivity index is 1.51. The zero-order valence-electron chi connectivity index (χ0n) is 17.6. The Morgan fingerprint density at radius 3 is 2.48 bits per heavy atom. The van der Waals surface area contributed by atoms with Crippen molar-refractivity contribution >= 4 is 75.2 Å². The SMILES string of the molecule is Cc1cc(/C=C2/SC(=S)N(NC(=O)Nc3ccc(Cl)c(Cl)c3)C2=O)c(C)n1-c1ccccc1. The van der Waals surface area contributed by atoms with Crippen molar-refractivity contribution in [2.45, 2.75) is 13.8 Å². The number of hydrogen-bond acceptors (Lipinski definition) is 4. The Kier molecular flexibility index (Phi) is 6.81. The fourth-order valence-electron chi connectivity index (χ4n) is 3.45. The number of nitrogens with zero attached hydrogens (tertiary/aromatic N) is 2. The van der Waals surface area contributed by atoms with Crippen LogP contribution in [0.15, 0.2) is 59.5 Å². The second kappa shape index (κ2) is 9.61. The lowest BCUT2D eigenvalue weighted by atomic mass is 10.2. The number of rotatable bonds is 4. The lowest BCUT2D eigenvalue weighted by Gasteiger charge is -2.16. The van der Waals surface area contributed by atoms with Crippen LogP contribution in [0.1, 0.15) is 17.0 Å². The van der Waals surface area contributed by atoms with Crippen molar-refractivity contribution in [3.05, 3.63) is 86.5 Å². The maximum atomic E-state index is 12.9. The molecule has 0 atom stereocenters. The minimum Gasteiger partial charge on any atom is -0.318 e. The standard InChI is InChI=1S/C23H18Cl2N4O2S2/c1-13-10-15(14(2)28(13)17-6-4-3-5-7-17)11-20-21(30)29(23(32)33-20)27-22(31)26-16-8-9-18(24)19(25)12-16/h3-12H,1-2H3,(H2,26,27,31)/b20-11+. The topological polar surface area (TPSA) is 66.4 Å². The fraction of sp³-hybridized carbons (Fsp3) is 0.0870. The van der Waals surface area contributed by atoms with Gasteiger partial charge in [-0.25, -0.2) is 10.2 Å². The molecule has 2 N–H and O–H groups in total. The number of aromatic nitrogens is 1. The van der Waals surface area contributed by atoms with Crippen molar-refractivity contribution in [2.75, 3.05) is 5.32 Å². The second-order valence-electron chi connectivity index (χ2n) is 7.21. The van der Waals surface area contributed by atoms with Gasteiger partial charge in [0.25, 0.3) is 5.91 Å². The molecule has 168 valence electrons. The first kappa shape index (κ1) is 23.4. The van der Waals surface area contributed by atoms with Crippen LogP contribution >= 0.6 is 47.2 Å². The van der Waals surface area contributed by atoms with Crippen LogP contribution in [-0.4, -0.2) is 25.8 Å². The van der Waals surface area contributed by atoms with Crippen molar-refractivity contribution in [1.82, 2.24) is 15.0 Å². The van der Waals surface area contributed by atoms with E-state index in [9.17, 15) is 9.59 Å². The molecule has 3 aromatic rings. The molecule has 3 amide bonds. The number of thiocarbonyl (C=S) groups is 1. The second-order valence-corrected chi connectivity index (χ2v) is 9.70. The molecule has 1 aliphatic heterocycles. The first-order valence-electron chi connectivity index (χ1n) is 9.79. The Morgan fingerprint density at radius 1 is 1.06 bits per heavy atom. The smallest absolute Gasteiger partial charge is 0.318 e. The summed E-state index contributed by atoms with van der Waals surface area (Å²) in [5.41, 5.74) is 6.89. The predicted octanol–water partition coefficient (Wildman–Crippen LogP) is 6.34. The maximum absolute atomic E-state index is 12.9. The number of para-hydroxylation sites is 1. The van der Waals surface area contributed by atoms with Crippen LogP contribution in [0, 0.1) is 13.8 Å². The Morgan fingerprint density at radius 2 is 1.79 bits per heavy atom. The van der Waals surface area contributed by atoms with Crippen molar-refractivity contribution in [3.8, 4) is 5.69 Å². The number of urea groups is 1. The molecule has 2 heterocycles.